The largest absolute Gasteiger partial charge is 0.383 e. The summed E-state index contributed by atoms with van der Waals surface area (Å²) < 4.78 is 1.76. The molecule has 0 amide bonds. The molecule has 2 aromatic rings. The number of nitrogen functional groups attached to an aromatic ring is 1. The smallest absolute Gasteiger partial charge is 0.164 e. The lowest BCUT2D eigenvalue weighted by Gasteiger charge is -2.05. The van der Waals surface area contributed by atoms with Gasteiger partial charge >= 0.3 is 0 Å². The highest BCUT2D eigenvalue weighted by molar-refractivity contribution is 6.08. The van der Waals surface area contributed by atoms with Gasteiger partial charge in [-0.2, -0.15) is 5.10 Å². The fraction of sp³-hybridized carbons (Fsp3) is 0.500. The molecule has 0 unspecified atom stereocenters. The van der Waals surface area contributed by atoms with Gasteiger partial charge in [0.15, 0.2) is 5.65 Å². The minimum Gasteiger partial charge on any atom is -0.383 e. The molecule has 104 valence electrons. The van der Waals surface area contributed by atoms with Crippen LogP contribution in [0.4, 0.5) is 5.82 Å². The highest BCUT2D eigenvalue weighted by Crippen LogP contribution is 2.23. The third kappa shape index (κ3) is 3.05. The van der Waals surface area contributed by atoms with Crippen molar-refractivity contribution in [2.24, 2.45) is 5.73 Å². The minimum absolute atomic E-state index is 0.171. The first-order valence-corrected chi connectivity index (χ1v) is 6.18. The monoisotopic (exact) mass is 263 g/mol. The number of nitrogens with one attached hydrogen (secondary N) is 1. The molecule has 2 aromatic heterocycles. The van der Waals surface area contributed by atoms with Crippen LogP contribution in [0.3, 0.4) is 0 Å². The number of aromatic nitrogens is 4. The molecule has 0 fully saturated rings. The van der Waals surface area contributed by atoms with E-state index in [1.807, 2.05) is 20.8 Å². The van der Waals surface area contributed by atoms with Gasteiger partial charge in [-0.25, -0.2) is 14.6 Å². The highest BCUT2D eigenvalue weighted by Gasteiger charge is 2.17. The highest BCUT2D eigenvalue weighted by atomic mass is 15.3. The van der Waals surface area contributed by atoms with Crippen LogP contribution < -0.4 is 11.5 Å². The molecule has 0 saturated carbocycles. The van der Waals surface area contributed by atoms with Crippen molar-refractivity contribution >= 4 is 22.6 Å². The fourth-order valence-corrected chi connectivity index (χ4v) is 1.62. The first kappa shape index (κ1) is 15.0. The Morgan fingerprint density at radius 1 is 1.42 bits per heavy atom. The number of rotatable bonds is 2. The Kier molecular flexibility index (Phi) is 4.94. The Morgan fingerprint density at radius 3 is 2.47 bits per heavy atom. The zero-order chi connectivity index (χ0) is 14.6. The average Bonchev–Trinajstić information content (AvgIpc) is 2.71. The maximum absolute atomic E-state index is 7.68. The van der Waals surface area contributed by atoms with E-state index in [1.54, 1.807) is 11.6 Å². The van der Waals surface area contributed by atoms with Crippen molar-refractivity contribution in [1.82, 2.24) is 19.7 Å². The zero-order valence-electron chi connectivity index (χ0n) is 11.8. The Balaban J connectivity index is 0.000000550. The van der Waals surface area contributed by atoms with Crippen LogP contribution in [0.2, 0.25) is 0 Å². The summed E-state index contributed by atoms with van der Waals surface area (Å²) in [4.78, 5) is 8.12. The second-order valence-electron chi connectivity index (χ2n) is 4.38. The van der Waals surface area contributed by atoms with Crippen molar-refractivity contribution in [2.45, 2.75) is 33.7 Å². The van der Waals surface area contributed by atoms with Crippen LogP contribution >= 0.6 is 0 Å². The number of nitrogens with zero attached hydrogens (tertiary/aromatic N) is 4. The lowest BCUT2D eigenvalue weighted by molar-refractivity contribution is 0.545. The molecule has 0 saturated heterocycles. The Labute approximate surface area is 112 Å². The van der Waals surface area contributed by atoms with Crippen LogP contribution in [-0.2, 0) is 0 Å². The van der Waals surface area contributed by atoms with Crippen LogP contribution in [-0.4, -0.2) is 32.0 Å². The van der Waals surface area contributed by atoms with E-state index in [9.17, 15) is 0 Å². The molecule has 0 spiro atoms. The van der Waals surface area contributed by atoms with E-state index in [0.717, 1.165) is 6.54 Å². The molecule has 0 aliphatic carbocycles. The first-order chi connectivity index (χ1) is 8.93. The van der Waals surface area contributed by atoms with Crippen LogP contribution in [0.1, 0.15) is 39.4 Å². The Hall–Kier alpha value is -2.02. The third-order valence-corrected chi connectivity index (χ3v) is 2.36. The third-order valence-electron chi connectivity index (χ3n) is 2.36. The second-order valence-corrected chi connectivity index (χ2v) is 4.38. The quantitative estimate of drug-likeness (QED) is 0.706. The van der Waals surface area contributed by atoms with Crippen molar-refractivity contribution in [3.63, 3.8) is 0 Å². The molecule has 0 radical (unpaired) electrons. The summed E-state index contributed by atoms with van der Waals surface area (Å²) >= 11 is 0. The minimum atomic E-state index is 0.171. The molecule has 0 aromatic carbocycles. The van der Waals surface area contributed by atoms with Gasteiger partial charge in [-0.15, -0.1) is 0 Å². The number of hydrogen-bond acceptors (Lipinski definition) is 6. The van der Waals surface area contributed by atoms with E-state index >= 15 is 0 Å². The molecule has 7 heteroatoms. The van der Waals surface area contributed by atoms with Gasteiger partial charge in [0.05, 0.1) is 11.1 Å². The number of fused-ring (bicyclic) bond motifs is 1. The van der Waals surface area contributed by atoms with Crippen molar-refractivity contribution in [2.75, 3.05) is 12.3 Å². The van der Waals surface area contributed by atoms with Crippen molar-refractivity contribution in [1.29, 1.82) is 5.41 Å². The average molecular weight is 263 g/mol. The topological polar surface area (TPSA) is 119 Å². The summed E-state index contributed by atoms with van der Waals surface area (Å²) in [6.45, 7) is 8.35. The zero-order valence-corrected chi connectivity index (χ0v) is 11.8. The van der Waals surface area contributed by atoms with Gasteiger partial charge in [-0.1, -0.05) is 6.92 Å². The van der Waals surface area contributed by atoms with Gasteiger partial charge in [0, 0.05) is 6.04 Å². The molecule has 7 nitrogen and oxygen atoms in total. The van der Waals surface area contributed by atoms with Crippen LogP contribution in [0.5, 0.6) is 0 Å². The SMILES string of the molecule is CC(=N)c1nn(C(C)C)c2ncnc(N)c12.CCN. The molecule has 0 atom stereocenters. The standard InChI is InChI=1S/C10H14N6.C2H7N/c1-5(2)16-10-7(8(15-16)6(3)11)9(12)13-4-14-10;1-2-3/h4-5,11H,1-3H3,(H2,12,13,14);2-3H2,1H3. The van der Waals surface area contributed by atoms with Gasteiger partial charge in [0.25, 0.3) is 0 Å². The molecule has 5 N–H and O–H groups in total. The number of nitrogens with two attached hydrogens (primary N) is 2. The Morgan fingerprint density at radius 2 is 2.00 bits per heavy atom. The van der Waals surface area contributed by atoms with E-state index in [2.05, 4.69) is 15.1 Å². The molecule has 0 aliphatic heterocycles. The first-order valence-electron chi connectivity index (χ1n) is 6.18. The van der Waals surface area contributed by atoms with Gasteiger partial charge in [0.2, 0.25) is 0 Å². The fourth-order valence-electron chi connectivity index (χ4n) is 1.62. The number of hydrogen-bond donors (Lipinski definition) is 3. The van der Waals surface area contributed by atoms with Gasteiger partial charge in [-0.3, -0.25) is 0 Å². The van der Waals surface area contributed by atoms with Gasteiger partial charge in [-0.05, 0) is 27.3 Å². The second kappa shape index (κ2) is 6.24. The molecule has 19 heavy (non-hydrogen) atoms. The van der Waals surface area contributed by atoms with E-state index in [-0.39, 0.29) is 6.04 Å². The van der Waals surface area contributed by atoms with Crippen LogP contribution in [0.15, 0.2) is 6.33 Å². The summed E-state index contributed by atoms with van der Waals surface area (Å²) in [5, 5.41) is 12.7. The lowest BCUT2D eigenvalue weighted by atomic mass is 10.2. The summed E-state index contributed by atoms with van der Waals surface area (Å²) in [5.74, 6) is 0.374. The maximum atomic E-state index is 7.68. The van der Waals surface area contributed by atoms with Crippen molar-refractivity contribution in [3.8, 4) is 0 Å². The summed E-state index contributed by atoms with van der Waals surface area (Å²) in [5.41, 5.74) is 12.3. The summed E-state index contributed by atoms with van der Waals surface area (Å²) in [6, 6.07) is 0.171. The molecular formula is C12H21N7. The molecule has 2 rings (SSSR count). The van der Waals surface area contributed by atoms with Crippen molar-refractivity contribution < 1.29 is 0 Å². The van der Waals surface area contributed by atoms with Gasteiger partial charge in [0.1, 0.15) is 17.8 Å². The van der Waals surface area contributed by atoms with E-state index < -0.39 is 0 Å². The van der Waals surface area contributed by atoms with Crippen molar-refractivity contribution in [3.05, 3.63) is 12.0 Å². The van der Waals surface area contributed by atoms with E-state index in [0.29, 0.717) is 28.3 Å². The van der Waals surface area contributed by atoms with E-state index in [1.165, 1.54) is 6.33 Å². The van der Waals surface area contributed by atoms with E-state index in [4.69, 9.17) is 16.9 Å². The summed E-state index contributed by atoms with van der Waals surface area (Å²) in [7, 11) is 0. The van der Waals surface area contributed by atoms with Crippen LogP contribution in [0.25, 0.3) is 11.0 Å². The molecule has 2 heterocycles. The number of anilines is 1. The normalized spacial score (nSPS) is 10.4. The van der Waals surface area contributed by atoms with Gasteiger partial charge < -0.3 is 16.9 Å². The predicted molar refractivity (Wildman–Crippen MR) is 77.4 cm³/mol. The Bertz CT molecular complexity index is 571. The molecule has 0 bridgehead atoms. The maximum Gasteiger partial charge on any atom is 0.164 e. The lowest BCUT2D eigenvalue weighted by Crippen LogP contribution is -2.05. The molecule has 0 aliphatic rings. The predicted octanol–water partition coefficient (Wildman–Crippen LogP) is 1.34. The van der Waals surface area contributed by atoms with Crippen LogP contribution in [0, 0.1) is 5.41 Å². The molecular weight excluding hydrogens is 242 g/mol. The summed E-state index contributed by atoms with van der Waals surface area (Å²) in [6.07, 6.45) is 1.42.